The van der Waals surface area contributed by atoms with E-state index in [1.807, 2.05) is 12.3 Å². The SMILES string of the molecule is c1cnc2c3c(ccc2c1)CCCN3. The standard InChI is InChI=1S/C12H12N2/c1-3-9-5-6-10-4-2-8-14-12(10)11(9)13-7-1/h1,3,5-7,14H,2,4,8H2. The first kappa shape index (κ1) is 7.80. The maximum atomic E-state index is 4.43. The highest BCUT2D eigenvalue weighted by Crippen LogP contribution is 2.28. The minimum absolute atomic E-state index is 1.07. The number of rotatable bonds is 0. The van der Waals surface area contributed by atoms with Gasteiger partial charge in [0.25, 0.3) is 0 Å². The Kier molecular flexibility index (Phi) is 1.66. The number of hydrogen-bond donors (Lipinski definition) is 1. The zero-order chi connectivity index (χ0) is 9.38. The lowest BCUT2D eigenvalue weighted by Crippen LogP contribution is -2.12. The van der Waals surface area contributed by atoms with Crippen molar-refractivity contribution in [3.05, 3.63) is 36.0 Å². The number of nitrogens with zero attached hydrogens (tertiary/aromatic N) is 1. The Morgan fingerprint density at radius 3 is 3.21 bits per heavy atom. The summed E-state index contributed by atoms with van der Waals surface area (Å²) in [5.41, 5.74) is 3.77. The van der Waals surface area contributed by atoms with Crippen LogP contribution in [0.2, 0.25) is 0 Å². The largest absolute Gasteiger partial charge is 0.383 e. The van der Waals surface area contributed by atoms with Gasteiger partial charge in [-0.25, -0.2) is 0 Å². The maximum absolute atomic E-state index is 4.43. The zero-order valence-electron chi connectivity index (χ0n) is 7.96. The number of aryl methyl sites for hydroxylation is 1. The van der Waals surface area contributed by atoms with Crippen LogP contribution in [0.15, 0.2) is 30.5 Å². The van der Waals surface area contributed by atoms with E-state index in [-0.39, 0.29) is 0 Å². The summed E-state index contributed by atoms with van der Waals surface area (Å²) < 4.78 is 0. The van der Waals surface area contributed by atoms with Crippen molar-refractivity contribution in [2.45, 2.75) is 12.8 Å². The van der Waals surface area contributed by atoms with Crippen molar-refractivity contribution in [1.82, 2.24) is 4.98 Å². The molecule has 0 radical (unpaired) electrons. The smallest absolute Gasteiger partial charge is 0.0936 e. The number of nitrogens with one attached hydrogen (secondary N) is 1. The van der Waals surface area contributed by atoms with Crippen molar-refractivity contribution in [2.24, 2.45) is 0 Å². The summed E-state index contributed by atoms with van der Waals surface area (Å²) in [6.07, 6.45) is 4.26. The fourth-order valence-electron chi connectivity index (χ4n) is 2.08. The van der Waals surface area contributed by atoms with Crippen molar-refractivity contribution in [3.8, 4) is 0 Å². The van der Waals surface area contributed by atoms with Crippen molar-refractivity contribution in [2.75, 3.05) is 11.9 Å². The third kappa shape index (κ3) is 1.07. The molecule has 2 heteroatoms. The number of benzene rings is 1. The fraction of sp³-hybridized carbons (Fsp3) is 0.250. The summed E-state index contributed by atoms with van der Waals surface area (Å²) >= 11 is 0. The van der Waals surface area contributed by atoms with E-state index >= 15 is 0 Å². The minimum atomic E-state index is 1.07. The second kappa shape index (κ2) is 2.98. The molecule has 0 unspecified atom stereocenters. The van der Waals surface area contributed by atoms with Crippen LogP contribution in [0, 0.1) is 0 Å². The van der Waals surface area contributed by atoms with Gasteiger partial charge in [-0.05, 0) is 24.5 Å². The van der Waals surface area contributed by atoms with Crippen LogP contribution in [0.5, 0.6) is 0 Å². The van der Waals surface area contributed by atoms with Crippen LogP contribution in [0.4, 0.5) is 5.69 Å². The Morgan fingerprint density at radius 2 is 2.21 bits per heavy atom. The minimum Gasteiger partial charge on any atom is -0.383 e. The molecule has 1 aromatic carbocycles. The van der Waals surface area contributed by atoms with Crippen LogP contribution >= 0.6 is 0 Å². The first-order valence-electron chi connectivity index (χ1n) is 5.05. The highest BCUT2D eigenvalue weighted by atomic mass is 14.9. The van der Waals surface area contributed by atoms with E-state index < -0.39 is 0 Å². The van der Waals surface area contributed by atoms with Crippen LogP contribution in [0.3, 0.4) is 0 Å². The highest BCUT2D eigenvalue weighted by molar-refractivity contribution is 5.92. The first-order chi connectivity index (χ1) is 6.95. The van der Waals surface area contributed by atoms with Gasteiger partial charge < -0.3 is 5.32 Å². The normalized spacial score (nSPS) is 14.9. The van der Waals surface area contributed by atoms with Gasteiger partial charge in [-0.15, -0.1) is 0 Å². The Balaban J connectivity index is 2.34. The zero-order valence-corrected chi connectivity index (χ0v) is 7.96. The lowest BCUT2D eigenvalue weighted by Gasteiger charge is -2.18. The first-order valence-corrected chi connectivity index (χ1v) is 5.05. The lowest BCUT2D eigenvalue weighted by molar-refractivity contribution is 0.832. The Bertz CT molecular complexity index is 477. The molecular weight excluding hydrogens is 172 g/mol. The Hall–Kier alpha value is -1.57. The molecule has 0 aliphatic carbocycles. The Labute approximate surface area is 83.0 Å². The van der Waals surface area contributed by atoms with Gasteiger partial charge in [0, 0.05) is 18.1 Å². The molecule has 3 rings (SSSR count). The molecule has 1 N–H and O–H groups in total. The number of pyridine rings is 1. The predicted octanol–water partition coefficient (Wildman–Crippen LogP) is 2.59. The van der Waals surface area contributed by atoms with E-state index in [0.29, 0.717) is 0 Å². The molecule has 2 aromatic rings. The maximum Gasteiger partial charge on any atom is 0.0936 e. The van der Waals surface area contributed by atoms with Crippen LogP contribution in [-0.2, 0) is 6.42 Å². The van der Waals surface area contributed by atoms with Gasteiger partial charge in [-0.3, -0.25) is 4.98 Å². The van der Waals surface area contributed by atoms with Crippen LogP contribution in [0.1, 0.15) is 12.0 Å². The average Bonchev–Trinajstić information content (AvgIpc) is 2.29. The quantitative estimate of drug-likeness (QED) is 0.680. The average molecular weight is 184 g/mol. The van der Waals surface area contributed by atoms with Gasteiger partial charge in [-0.2, -0.15) is 0 Å². The van der Waals surface area contributed by atoms with Crippen molar-refractivity contribution in [1.29, 1.82) is 0 Å². The van der Waals surface area contributed by atoms with Gasteiger partial charge in [0.2, 0.25) is 0 Å². The third-order valence-electron chi connectivity index (χ3n) is 2.79. The molecule has 2 nitrogen and oxygen atoms in total. The number of hydrogen-bond acceptors (Lipinski definition) is 2. The topological polar surface area (TPSA) is 24.9 Å². The van der Waals surface area contributed by atoms with Gasteiger partial charge >= 0.3 is 0 Å². The van der Waals surface area contributed by atoms with Crippen LogP contribution in [-0.4, -0.2) is 11.5 Å². The summed E-state index contributed by atoms with van der Waals surface area (Å²) in [6, 6.07) is 8.47. The molecule has 1 aromatic heterocycles. The third-order valence-corrected chi connectivity index (χ3v) is 2.79. The monoisotopic (exact) mass is 184 g/mol. The van der Waals surface area contributed by atoms with E-state index in [1.165, 1.54) is 29.5 Å². The second-order valence-electron chi connectivity index (χ2n) is 3.71. The van der Waals surface area contributed by atoms with Crippen molar-refractivity contribution in [3.63, 3.8) is 0 Å². The number of anilines is 1. The summed E-state index contributed by atoms with van der Waals surface area (Å²) in [5, 5.41) is 4.67. The van der Waals surface area contributed by atoms with Crippen LogP contribution < -0.4 is 5.32 Å². The van der Waals surface area contributed by atoms with E-state index in [1.54, 1.807) is 0 Å². The van der Waals surface area contributed by atoms with E-state index in [2.05, 4.69) is 28.5 Å². The van der Waals surface area contributed by atoms with E-state index in [4.69, 9.17) is 0 Å². The summed E-state index contributed by atoms with van der Waals surface area (Å²) in [6.45, 7) is 1.07. The summed E-state index contributed by atoms with van der Waals surface area (Å²) in [7, 11) is 0. The summed E-state index contributed by atoms with van der Waals surface area (Å²) in [5.74, 6) is 0. The summed E-state index contributed by atoms with van der Waals surface area (Å²) in [4.78, 5) is 4.43. The molecule has 0 fully saturated rings. The molecule has 1 aliphatic rings. The van der Waals surface area contributed by atoms with Gasteiger partial charge in [0.15, 0.2) is 0 Å². The predicted molar refractivity (Wildman–Crippen MR) is 58.6 cm³/mol. The van der Waals surface area contributed by atoms with Crippen LogP contribution in [0.25, 0.3) is 10.9 Å². The molecule has 0 spiro atoms. The van der Waals surface area contributed by atoms with Gasteiger partial charge in [-0.1, -0.05) is 18.2 Å². The number of aromatic nitrogens is 1. The molecule has 0 amide bonds. The molecule has 14 heavy (non-hydrogen) atoms. The van der Waals surface area contributed by atoms with Crippen molar-refractivity contribution >= 4 is 16.6 Å². The molecule has 70 valence electrons. The highest BCUT2D eigenvalue weighted by Gasteiger charge is 2.11. The molecule has 1 aliphatic heterocycles. The fourth-order valence-corrected chi connectivity index (χ4v) is 2.08. The van der Waals surface area contributed by atoms with Gasteiger partial charge in [0.1, 0.15) is 0 Å². The molecule has 2 heterocycles. The Morgan fingerprint density at radius 1 is 1.21 bits per heavy atom. The second-order valence-corrected chi connectivity index (χ2v) is 3.71. The van der Waals surface area contributed by atoms with Gasteiger partial charge in [0.05, 0.1) is 11.2 Å². The molecule has 0 atom stereocenters. The van der Waals surface area contributed by atoms with Crippen molar-refractivity contribution < 1.29 is 0 Å². The molecule has 0 saturated carbocycles. The lowest BCUT2D eigenvalue weighted by atomic mass is 10.0. The molecule has 0 bridgehead atoms. The number of fused-ring (bicyclic) bond motifs is 3. The molecular formula is C12H12N2. The van der Waals surface area contributed by atoms with E-state index in [9.17, 15) is 0 Å². The van der Waals surface area contributed by atoms with E-state index in [0.717, 1.165) is 12.1 Å². The molecule has 0 saturated heterocycles.